The number of aliphatic hydroxyl groups excluding tert-OH is 1. The Labute approximate surface area is 133 Å². The van der Waals surface area contributed by atoms with Gasteiger partial charge in [-0.05, 0) is 38.1 Å². The fourth-order valence-electron chi connectivity index (χ4n) is 1.70. The Hall–Kier alpha value is -1.30. The van der Waals surface area contributed by atoms with Crippen molar-refractivity contribution in [3.63, 3.8) is 0 Å². The zero-order chi connectivity index (χ0) is 16.4. The number of rotatable bonds is 11. The van der Waals surface area contributed by atoms with Crippen LogP contribution in [0.3, 0.4) is 0 Å². The van der Waals surface area contributed by atoms with E-state index < -0.39 is 6.10 Å². The lowest BCUT2D eigenvalue weighted by Crippen LogP contribution is -2.35. The summed E-state index contributed by atoms with van der Waals surface area (Å²) < 4.78 is 16.5. The largest absolute Gasteiger partial charge is 0.491 e. The maximum atomic E-state index is 9.78. The van der Waals surface area contributed by atoms with Gasteiger partial charge in [0.2, 0.25) is 0 Å². The maximum Gasteiger partial charge on any atom is 0.119 e. The fourth-order valence-corrected chi connectivity index (χ4v) is 1.70. The molecule has 5 heteroatoms. The predicted octanol–water partition coefficient (Wildman–Crippen LogP) is 2.23. The molecule has 1 rings (SSSR count). The van der Waals surface area contributed by atoms with Crippen LogP contribution in [0.15, 0.2) is 24.3 Å². The normalized spacial score (nSPS) is 12.7. The molecule has 0 heterocycles. The van der Waals surface area contributed by atoms with E-state index in [0.717, 1.165) is 11.5 Å². The van der Waals surface area contributed by atoms with Gasteiger partial charge in [0.15, 0.2) is 0 Å². The molecule has 2 N–H and O–H groups in total. The molecule has 0 saturated carbocycles. The molecule has 0 bridgehead atoms. The maximum absolute atomic E-state index is 9.78. The first kappa shape index (κ1) is 18.7. The molecular weight excluding hydrogens is 282 g/mol. The zero-order valence-electron chi connectivity index (χ0n) is 14.0. The van der Waals surface area contributed by atoms with Gasteiger partial charge in [-0.2, -0.15) is 0 Å². The van der Waals surface area contributed by atoms with Gasteiger partial charge in [-0.3, -0.25) is 0 Å². The summed E-state index contributed by atoms with van der Waals surface area (Å²) in [6.07, 6.45) is -0.303. The van der Waals surface area contributed by atoms with Crippen LogP contribution in [0, 0.1) is 0 Å². The number of benzene rings is 1. The van der Waals surface area contributed by atoms with Crippen LogP contribution in [0.1, 0.15) is 27.7 Å². The summed E-state index contributed by atoms with van der Waals surface area (Å²) in [6.45, 7) is 9.96. The van der Waals surface area contributed by atoms with Crippen molar-refractivity contribution < 1.29 is 19.3 Å². The highest BCUT2D eigenvalue weighted by atomic mass is 16.5. The van der Waals surface area contributed by atoms with Crippen LogP contribution in [-0.2, 0) is 4.74 Å². The predicted molar refractivity (Wildman–Crippen MR) is 87.7 cm³/mol. The standard InChI is InChI=1S/C17H29NO4/c1-13(2)18-11-15(19)12-22-17-7-5-16(6-8-17)21-10-9-20-14(3)4/h5-8,13-15,18-19H,9-12H2,1-4H3. The van der Waals surface area contributed by atoms with Gasteiger partial charge in [-0.25, -0.2) is 0 Å². The minimum Gasteiger partial charge on any atom is -0.491 e. The molecule has 0 aromatic heterocycles. The van der Waals surface area contributed by atoms with Gasteiger partial charge < -0.3 is 24.6 Å². The average molecular weight is 311 g/mol. The SMILES string of the molecule is CC(C)NCC(O)COc1ccc(OCCOC(C)C)cc1. The summed E-state index contributed by atoms with van der Waals surface area (Å²) in [7, 11) is 0. The van der Waals surface area contributed by atoms with Gasteiger partial charge in [0, 0.05) is 12.6 Å². The second kappa shape index (κ2) is 10.4. The quantitative estimate of drug-likeness (QED) is 0.614. The molecule has 126 valence electrons. The van der Waals surface area contributed by atoms with Crippen molar-refractivity contribution >= 4 is 0 Å². The molecule has 1 aromatic carbocycles. The highest BCUT2D eigenvalue weighted by Gasteiger charge is 2.06. The highest BCUT2D eigenvalue weighted by molar-refractivity contribution is 5.31. The third kappa shape index (κ3) is 8.87. The second-order valence-corrected chi connectivity index (χ2v) is 5.77. The number of hydrogen-bond acceptors (Lipinski definition) is 5. The number of hydrogen-bond donors (Lipinski definition) is 2. The smallest absolute Gasteiger partial charge is 0.119 e. The summed E-state index contributed by atoms with van der Waals surface area (Å²) in [5, 5.41) is 12.9. The van der Waals surface area contributed by atoms with Crippen molar-refractivity contribution in [3.05, 3.63) is 24.3 Å². The van der Waals surface area contributed by atoms with Gasteiger partial charge in [0.05, 0.1) is 12.7 Å². The first-order valence-electron chi connectivity index (χ1n) is 7.86. The Kier molecular flexibility index (Phi) is 8.89. The van der Waals surface area contributed by atoms with Crippen LogP contribution in [-0.4, -0.2) is 49.7 Å². The minimum absolute atomic E-state index is 0.219. The van der Waals surface area contributed by atoms with Gasteiger partial charge in [0.1, 0.15) is 30.8 Å². The molecule has 0 spiro atoms. The lowest BCUT2D eigenvalue weighted by molar-refractivity contribution is 0.0552. The van der Waals surface area contributed by atoms with E-state index in [1.54, 1.807) is 0 Å². The summed E-state index contributed by atoms with van der Waals surface area (Å²) in [6, 6.07) is 7.72. The lowest BCUT2D eigenvalue weighted by atomic mass is 10.3. The first-order valence-corrected chi connectivity index (χ1v) is 7.86. The average Bonchev–Trinajstić information content (AvgIpc) is 2.48. The van der Waals surface area contributed by atoms with Gasteiger partial charge >= 0.3 is 0 Å². The Morgan fingerprint density at radius 3 is 2.09 bits per heavy atom. The van der Waals surface area contributed by atoms with E-state index >= 15 is 0 Å². The van der Waals surface area contributed by atoms with E-state index in [1.165, 1.54) is 0 Å². The molecule has 1 unspecified atom stereocenters. The molecule has 0 aliphatic heterocycles. The van der Waals surface area contributed by atoms with E-state index in [0.29, 0.717) is 25.8 Å². The van der Waals surface area contributed by atoms with E-state index in [4.69, 9.17) is 14.2 Å². The molecule has 0 saturated heterocycles. The van der Waals surface area contributed by atoms with Crippen LogP contribution < -0.4 is 14.8 Å². The molecule has 0 aliphatic rings. The van der Waals surface area contributed by atoms with Crippen LogP contribution in [0.25, 0.3) is 0 Å². The van der Waals surface area contributed by atoms with E-state index in [-0.39, 0.29) is 12.7 Å². The molecule has 0 radical (unpaired) electrons. The van der Waals surface area contributed by atoms with Crippen molar-refractivity contribution in [2.45, 2.75) is 45.9 Å². The van der Waals surface area contributed by atoms with Crippen molar-refractivity contribution in [1.82, 2.24) is 5.32 Å². The van der Waals surface area contributed by atoms with E-state index in [2.05, 4.69) is 5.32 Å². The van der Waals surface area contributed by atoms with E-state index in [9.17, 15) is 5.11 Å². The van der Waals surface area contributed by atoms with Crippen LogP contribution in [0.4, 0.5) is 0 Å². The first-order chi connectivity index (χ1) is 10.5. The Balaban J connectivity index is 2.23. The second-order valence-electron chi connectivity index (χ2n) is 5.77. The molecular formula is C17H29NO4. The third-order valence-corrected chi connectivity index (χ3v) is 2.83. The van der Waals surface area contributed by atoms with Gasteiger partial charge in [-0.1, -0.05) is 13.8 Å². The highest BCUT2D eigenvalue weighted by Crippen LogP contribution is 2.17. The van der Waals surface area contributed by atoms with Crippen molar-refractivity contribution in [2.75, 3.05) is 26.4 Å². The summed E-state index contributed by atoms with van der Waals surface area (Å²) in [5.41, 5.74) is 0. The number of nitrogens with one attached hydrogen (secondary N) is 1. The third-order valence-electron chi connectivity index (χ3n) is 2.83. The minimum atomic E-state index is -0.522. The Morgan fingerprint density at radius 2 is 1.55 bits per heavy atom. The molecule has 1 aromatic rings. The Morgan fingerprint density at radius 1 is 0.955 bits per heavy atom. The molecule has 0 aliphatic carbocycles. The summed E-state index contributed by atoms with van der Waals surface area (Å²) >= 11 is 0. The summed E-state index contributed by atoms with van der Waals surface area (Å²) in [4.78, 5) is 0. The fraction of sp³-hybridized carbons (Fsp3) is 0.647. The number of aliphatic hydroxyl groups is 1. The Bertz CT molecular complexity index is 392. The molecule has 0 fully saturated rings. The molecule has 22 heavy (non-hydrogen) atoms. The van der Waals surface area contributed by atoms with Crippen molar-refractivity contribution in [2.24, 2.45) is 0 Å². The molecule has 1 atom stereocenters. The van der Waals surface area contributed by atoms with E-state index in [1.807, 2.05) is 52.0 Å². The molecule has 5 nitrogen and oxygen atoms in total. The zero-order valence-corrected chi connectivity index (χ0v) is 14.0. The van der Waals surface area contributed by atoms with Crippen molar-refractivity contribution in [1.29, 1.82) is 0 Å². The van der Waals surface area contributed by atoms with Gasteiger partial charge in [-0.15, -0.1) is 0 Å². The monoisotopic (exact) mass is 311 g/mol. The number of ether oxygens (including phenoxy) is 3. The lowest BCUT2D eigenvalue weighted by Gasteiger charge is -2.15. The van der Waals surface area contributed by atoms with Crippen LogP contribution in [0.2, 0.25) is 0 Å². The van der Waals surface area contributed by atoms with Crippen LogP contribution in [0.5, 0.6) is 11.5 Å². The van der Waals surface area contributed by atoms with Crippen LogP contribution >= 0.6 is 0 Å². The van der Waals surface area contributed by atoms with Crippen molar-refractivity contribution in [3.8, 4) is 11.5 Å². The summed E-state index contributed by atoms with van der Waals surface area (Å²) in [5.74, 6) is 1.50. The molecule has 0 amide bonds. The topological polar surface area (TPSA) is 60.0 Å². The van der Waals surface area contributed by atoms with Gasteiger partial charge in [0.25, 0.3) is 0 Å².